The minimum absolute atomic E-state index is 0.127. The summed E-state index contributed by atoms with van der Waals surface area (Å²) in [7, 11) is 1.56. The van der Waals surface area contributed by atoms with E-state index in [0.717, 1.165) is 18.4 Å². The molecule has 0 aliphatic heterocycles. The van der Waals surface area contributed by atoms with Gasteiger partial charge in [0.2, 0.25) is 5.78 Å². The first kappa shape index (κ1) is 19.2. The molecule has 7 heteroatoms. The first-order valence-electron chi connectivity index (χ1n) is 9.41. The molecule has 0 atom stereocenters. The summed E-state index contributed by atoms with van der Waals surface area (Å²) in [6.45, 7) is 2.70. The fourth-order valence-electron chi connectivity index (χ4n) is 3.65. The molecule has 6 nitrogen and oxygen atoms in total. The highest BCUT2D eigenvalue weighted by Crippen LogP contribution is 2.34. The van der Waals surface area contributed by atoms with Crippen LogP contribution in [-0.4, -0.2) is 33.4 Å². The maximum absolute atomic E-state index is 13.3. The van der Waals surface area contributed by atoms with Crippen LogP contribution in [0.5, 0.6) is 5.75 Å². The van der Waals surface area contributed by atoms with Crippen molar-refractivity contribution in [3.63, 3.8) is 0 Å². The smallest absolute Gasteiger partial charge is 0.212 e. The van der Waals surface area contributed by atoms with E-state index >= 15 is 0 Å². The lowest BCUT2D eigenvalue weighted by Gasteiger charge is -2.18. The first-order valence-corrected chi connectivity index (χ1v) is 9.79. The molecule has 4 rings (SSSR count). The summed E-state index contributed by atoms with van der Waals surface area (Å²) >= 11 is 6.33. The molecule has 1 N–H and O–H groups in total. The number of fused-ring (bicyclic) bond motifs is 2. The monoisotopic (exact) mass is 409 g/mol. The van der Waals surface area contributed by atoms with Gasteiger partial charge in [0, 0.05) is 23.2 Å². The summed E-state index contributed by atoms with van der Waals surface area (Å²) in [6, 6.07) is 12.5. The number of imidazole rings is 1. The van der Waals surface area contributed by atoms with Gasteiger partial charge in [-0.25, -0.2) is 4.98 Å². The molecule has 148 valence electrons. The lowest BCUT2D eigenvalue weighted by molar-refractivity contribution is 0.102. The van der Waals surface area contributed by atoms with Crippen LogP contribution in [0.25, 0.3) is 11.4 Å². The number of unbranched alkanes of at least 4 members (excludes halogenated alkanes) is 1. The molecule has 1 aromatic heterocycles. The molecule has 0 saturated carbocycles. The van der Waals surface area contributed by atoms with E-state index in [1.54, 1.807) is 43.5 Å². The molecule has 0 saturated heterocycles. The molecule has 1 aliphatic carbocycles. The zero-order chi connectivity index (χ0) is 20.5. The van der Waals surface area contributed by atoms with Gasteiger partial charge in [-0.15, -0.1) is 0 Å². The van der Waals surface area contributed by atoms with Crippen LogP contribution in [0, 0.1) is 0 Å². The second-order valence-corrected chi connectivity index (χ2v) is 7.22. The number of carbonyl (C=O) groups excluding carboxylic acids is 1. The predicted molar refractivity (Wildman–Crippen MR) is 111 cm³/mol. The van der Waals surface area contributed by atoms with Gasteiger partial charge in [-0.1, -0.05) is 54.4 Å². The van der Waals surface area contributed by atoms with E-state index in [0.29, 0.717) is 51.4 Å². The fourth-order valence-corrected chi connectivity index (χ4v) is 3.91. The number of hydrogen-bond donors (Lipinski definition) is 1. The molecule has 29 heavy (non-hydrogen) atoms. The number of aromatic nitrogens is 2. The molecule has 1 heterocycles. The van der Waals surface area contributed by atoms with Crippen LogP contribution < -0.4 is 4.74 Å². The zero-order valence-corrected chi connectivity index (χ0v) is 16.9. The number of ketones is 1. The number of halogens is 1. The molecule has 0 amide bonds. The number of ether oxygens (including phenoxy) is 1. The molecule has 2 aromatic carbocycles. The van der Waals surface area contributed by atoms with Gasteiger partial charge < -0.3 is 14.5 Å². The SMILES string of the molecule is CCCCn1c(-c2ccc(OC)c(Cl)c2)nc2c1C(=O)c1ccccc1C2=NO. The summed E-state index contributed by atoms with van der Waals surface area (Å²) in [4.78, 5) is 18.0. The van der Waals surface area contributed by atoms with Crippen LogP contribution in [-0.2, 0) is 6.54 Å². The van der Waals surface area contributed by atoms with Gasteiger partial charge in [0.15, 0.2) is 0 Å². The third-order valence-corrected chi connectivity index (χ3v) is 5.37. The van der Waals surface area contributed by atoms with Gasteiger partial charge >= 0.3 is 0 Å². The molecule has 1 aliphatic rings. The largest absolute Gasteiger partial charge is 0.495 e. The van der Waals surface area contributed by atoms with Gasteiger partial charge in [-0.2, -0.15) is 0 Å². The van der Waals surface area contributed by atoms with E-state index in [-0.39, 0.29) is 5.78 Å². The summed E-state index contributed by atoms with van der Waals surface area (Å²) in [5.41, 5.74) is 2.96. The topological polar surface area (TPSA) is 76.7 Å². The van der Waals surface area contributed by atoms with E-state index in [2.05, 4.69) is 12.1 Å². The van der Waals surface area contributed by atoms with Crippen LogP contribution in [0.1, 0.15) is 47.1 Å². The molecule has 0 unspecified atom stereocenters. The summed E-state index contributed by atoms with van der Waals surface area (Å²) in [5.74, 6) is 1.04. The second-order valence-electron chi connectivity index (χ2n) is 6.81. The van der Waals surface area contributed by atoms with Gasteiger partial charge in [-0.05, 0) is 24.6 Å². The average molecular weight is 410 g/mol. The Morgan fingerprint density at radius 1 is 1.21 bits per heavy atom. The van der Waals surface area contributed by atoms with Crippen LogP contribution in [0.15, 0.2) is 47.6 Å². The Bertz CT molecular complexity index is 1130. The summed E-state index contributed by atoms with van der Waals surface area (Å²) < 4.78 is 7.14. The van der Waals surface area contributed by atoms with Crippen molar-refractivity contribution in [3.8, 4) is 17.1 Å². The standard InChI is InChI=1S/C22H20ClN3O3/c1-3-4-11-26-20-19(18(25-28)14-7-5-6-8-15(14)21(20)27)24-22(26)13-9-10-17(29-2)16(23)12-13/h5-10,12,28H,3-4,11H2,1-2H3. The van der Waals surface area contributed by atoms with E-state index in [4.69, 9.17) is 21.3 Å². The third kappa shape index (κ3) is 3.09. The zero-order valence-electron chi connectivity index (χ0n) is 16.1. The van der Waals surface area contributed by atoms with Crippen molar-refractivity contribution in [1.82, 2.24) is 9.55 Å². The van der Waals surface area contributed by atoms with E-state index in [1.165, 1.54) is 0 Å². The van der Waals surface area contributed by atoms with E-state index in [1.807, 2.05) is 10.6 Å². The van der Waals surface area contributed by atoms with E-state index < -0.39 is 0 Å². The minimum Gasteiger partial charge on any atom is -0.495 e. The Kier molecular flexibility index (Phi) is 5.11. The highest BCUT2D eigenvalue weighted by atomic mass is 35.5. The Morgan fingerprint density at radius 2 is 1.97 bits per heavy atom. The minimum atomic E-state index is -0.127. The van der Waals surface area contributed by atoms with Crippen LogP contribution in [0.3, 0.4) is 0 Å². The van der Waals surface area contributed by atoms with Crippen LogP contribution in [0.2, 0.25) is 5.02 Å². The predicted octanol–water partition coefficient (Wildman–Crippen LogP) is 4.78. The fraction of sp³-hybridized carbons (Fsp3) is 0.227. The van der Waals surface area contributed by atoms with Gasteiger partial charge in [-0.3, -0.25) is 4.79 Å². The molecule has 0 spiro atoms. The number of rotatable bonds is 5. The molecular weight excluding hydrogens is 390 g/mol. The Labute approximate surface area is 173 Å². The third-order valence-electron chi connectivity index (χ3n) is 5.08. The highest BCUT2D eigenvalue weighted by Gasteiger charge is 2.35. The molecular formula is C22H20ClN3O3. The molecule has 3 aromatic rings. The highest BCUT2D eigenvalue weighted by molar-refractivity contribution is 6.32. The van der Waals surface area contributed by atoms with E-state index in [9.17, 15) is 10.0 Å². The number of nitrogens with zero attached hydrogens (tertiary/aromatic N) is 3. The average Bonchev–Trinajstić information content (AvgIpc) is 3.12. The van der Waals surface area contributed by atoms with Crippen molar-refractivity contribution in [2.75, 3.05) is 7.11 Å². The van der Waals surface area contributed by atoms with Crippen molar-refractivity contribution in [2.24, 2.45) is 5.16 Å². The van der Waals surface area contributed by atoms with Crippen molar-refractivity contribution < 1.29 is 14.7 Å². The first-order chi connectivity index (χ1) is 14.1. The van der Waals surface area contributed by atoms with Crippen molar-refractivity contribution in [3.05, 3.63) is 70.0 Å². The quantitative estimate of drug-likeness (QED) is 0.380. The maximum atomic E-state index is 13.3. The lowest BCUT2D eigenvalue weighted by Crippen LogP contribution is -2.24. The van der Waals surface area contributed by atoms with Gasteiger partial charge in [0.1, 0.15) is 28.7 Å². The molecule has 0 radical (unpaired) electrons. The van der Waals surface area contributed by atoms with Crippen LogP contribution in [0.4, 0.5) is 0 Å². The van der Waals surface area contributed by atoms with Crippen molar-refractivity contribution in [1.29, 1.82) is 0 Å². The van der Waals surface area contributed by atoms with Crippen molar-refractivity contribution >= 4 is 23.1 Å². The van der Waals surface area contributed by atoms with Gasteiger partial charge in [0.05, 0.1) is 12.1 Å². The lowest BCUT2D eigenvalue weighted by atomic mass is 9.89. The number of carbonyl (C=O) groups is 1. The van der Waals surface area contributed by atoms with Gasteiger partial charge in [0.25, 0.3) is 0 Å². The van der Waals surface area contributed by atoms with Crippen LogP contribution >= 0.6 is 11.6 Å². The Balaban J connectivity index is 1.96. The number of hydrogen-bond acceptors (Lipinski definition) is 5. The number of methoxy groups -OCH3 is 1. The molecule has 0 fully saturated rings. The van der Waals surface area contributed by atoms with Crippen molar-refractivity contribution in [2.45, 2.75) is 26.3 Å². The summed E-state index contributed by atoms with van der Waals surface area (Å²) in [6.07, 6.45) is 1.84. The Hall–Kier alpha value is -3.12. The Morgan fingerprint density at radius 3 is 2.62 bits per heavy atom. The molecule has 0 bridgehead atoms. The summed E-state index contributed by atoms with van der Waals surface area (Å²) in [5, 5.41) is 13.7. The number of benzene rings is 2. The second kappa shape index (κ2) is 7.72. The normalized spacial score (nSPS) is 14.0. The maximum Gasteiger partial charge on any atom is 0.212 e. The number of oxime groups is 1.